The van der Waals surface area contributed by atoms with Gasteiger partial charge in [-0.3, -0.25) is 15.0 Å². The highest BCUT2D eigenvalue weighted by Crippen LogP contribution is 2.24. The minimum Gasteiger partial charge on any atom is -0.468 e. The Kier molecular flexibility index (Phi) is 4.93. The van der Waals surface area contributed by atoms with Gasteiger partial charge in [0.25, 0.3) is 0 Å². The van der Waals surface area contributed by atoms with Crippen LogP contribution in [0.25, 0.3) is 0 Å². The normalized spacial score (nSPS) is 22.6. The van der Waals surface area contributed by atoms with Crippen molar-refractivity contribution in [3.63, 3.8) is 0 Å². The molecule has 0 bridgehead atoms. The molecule has 1 heterocycles. The molecule has 1 fully saturated rings. The lowest BCUT2D eigenvalue weighted by atomic mass is 9.99. The second-order valence-corrected chi connectivity index (χ2v) is 5.19. The zero-order chi connectivity index (χ0) is 14.4. The highest BCUT2D eigenvalue weighted by Gasteiger charge is 2.44. The topological polar surface area (TPSA) is 41.6 Å². The second kappa shape index (κ2) is 6.68. The Bertz CT molecular complexity index is 461. The summed E-state index contributed by atoms with van der Waals surface area (Å²) in [5.74, 6) is -0.185. The molecule has 0 spiro atoms. The molecule has 1 aliphatic heterocycles. The van der Waals surface area contributed by atoms with Gasteiger partial charge in [-0.25, -0.2) is 0 Å². The van der Waals surface area contributed by atoms with E-state index in [2.05, 4.69) is 28.9 Å². The third-order valence-corrected chi connectivity index (χ3v) is 3.76. The molecule has 0 aromatic heterocycles. The molecule has 1 aromatic carbocycles. The molecule has 0 amide bonds. The monoisotopic (exact) mass is 274 g/mol. The molecule has 20 heavy (non-hydrogen) atoms. The molecule has 1 aromatic rings. The predicted molar refractivity (Wildman–Crippen MR) is 79.3 cm³/mol. The zero-order valence-corrected chi connectivity index (χ0v) is 12.0. The third kappa shape index (κ3) is 3.26. The number of nitrogens with zero attached hydrogens (tertiary/aromatic N) is 1. The maximum absolute atomic E-state index is 12.1. The Hall–Kier alpha value is -1.65. The molecule has 1 aliphatic rings. The molecule has 1 atom stereocenters. The molecule has 1 N–H and O–H groups in total. The summed E-state index contributed by atoms with van der Waals surface area (Å²) in [5.41, 5.74) is 0.662. The van der Waals surface area contributed by atoms with Crippen molar-refractivity contribution in [1.82, 2.24) is 10.2 Å². The van der Waals surface area contributed by atoms with E-state index in [1.54, 1.807) is 6.08 Å². The molecule has 4 heteroatoms. The Labute approximate surface area is 120 Å². The molecule has 2 rings (SSSR count). The number of hydrogen-bond donors (Lipinski definition) is 1. The van der Waals surface area contributed by atoms with Crippen LogP contribution < -0.4 is 5.32 Å². The summed E-state index contributed by atoms with van der Waals surface area (Å²) >= 11 is 0. The summed E-state index contributed by atoms with van der Waals surface area (Å²) in [6.07, 6.45) is 2.53. The van der Waals surface area contributed by atoms with E-state index in [4.69, 9.17) is 4.74 Å². The zero-order valence-electron chi connectivity index (χ0n) is 12.0. The van der Waals surface area contributed by atoms with Gasteiger partial charge in [-0.2, -0.15) is 0 Å². The number of ether oxygens (including phenoxy) is 1. The van der Waals surface area contributed by atoms with Gasteiger partial charge in [0.1, 0.15) is 5.54 Å². The van der Waals surface area contributed by atoms with Gasteiger partial charge in [0.15, 0.2) is 0 Å². The van der Waals surface area contributed by atoms with Crippen LogP contribution in [0.5, 0.6) is 0 Å². The van der Waals surface area contributed by atoms with Crippen molar-refractivity contribution in [3.8, 4) is 0 Å². The van der Waals surface area contributed by atoms with Gasteiger partial charge in [-0.1, -0.05) is 36.4 Å². The molecule has 0 radical (unpaired) electrons. The smallest absolute Gasteiger partial charge is 0.327 e. The Morgan fingerprint density at radius 2 is 2.25 bits per heavy atom. The average molecular weight is 274 g/mol. The van der Waals surface area contributed by atoms with Crippen LogP contribution in [0, 0.1) is 0 Å². The summed E-state index contributed by atoms with van der Waals surface area (Å²) in [6, 6.07) is 10.3. The predicted octanol–water partition coefficient (Wildman–Crippen LogP) is 1.58. The highest BCUT2D eigenvalue weighted by atomic mass is 16.5. The third-order valence-electron chi connectivity index (χ3n) is 3.76. The number of methoxy groups -OCH3 is 1. The van der Waals surface area contributed by atoms with Crippen molar-refractivity contribution in [2.24, 2.45) is 0 Å². The fraction of sp³-hybridized carbons (Fsp3) is 0.438. The maximum atomic E-state index is 12.1. The van der Waals surface area contributed by atoms with E-state index in [-0.39, 0.29) is 5.97 Å². The second-order valence-electron chi connectivity index (χ2n) is 5.19. The number of carbonyl (C=O) groups excluding carboxylic acids is 1. The van der Waals surface area contributed by atoms with Crippen LogP contribution >= 0.6 is 0 Å². The molecule has 1 saturated heterocycles. The average Bonchev–Trinajstić information content (AvgIpc) is 2.90. The molecule has 1 unspecified atom stereocenters. The molecule has 0 saturated carbocycles. The van der Waals surface area contributed by atoms with Gasteiger partial charge >= 0.3 is 5.97 Å². The van der Waals surface area contributed by atoms with E-state index in [1.807, 2.05) is 18.2 Å². The lowest BCUT2D eigenvalue weighted by Gasteiger charge is -2.27. The fourth-order valence-corrected chi connectivity index (χ4v) is 2.71. The first-order valence-electron chi connectivity index (χ1n) is 6.91. The lowest BCUT2D eigenvalue weighted by Crippen LogP contribution is -2.54. The van der Waals surface area contributed by atoms with E-state index >= 15 is 0 Å². The van der Waals surface area contributed by atoms with E-state index in [9.17, 15) is 4.79 Å². The summed E-state index contributed by atoms with van der Waals surface area (Å²) in [5, 5.41) is 3.28. The van der Waals surface area contributed by atoms with E-state index < -0.39 is 5.54 Å². The Balaban J connectivity index is 2.03. The number of carbonyl (C=O) groups is 1. The first-order valence-corrected chi connectivity index (χ1v) is 6.91. The van der Waals surface area contributed by atoms with Crippen LogP contribution in [0.15, 0.2) is 43.0 Å². The number of hydrogen-bond acceptors (Lipinski definition) is 4. The van der Waals surface area contributed by atoms with Crippen molar-refractivity contribution in [2.45, 2.75) is 18.5 Å². The van der Waals surface area contributed by atoms with Crippen molar-refractivity contribution >= 4 is 5.97 Å². The van der Waals surface area contributed by atoms with Crippen LogP contribution in [0.1, 0.15) is 12.0 Å². The van der Waals surface area contributed by atoms with E-state index in [1.165, 1.54) is 12.7 Å². The molecular formula is C16H22N2O2. The minimum atomic E-state index is -0.599. The molecular weight excluding hydrogens is 252 g/mol. The summed E-state index contributed by atoms with van der Waals surface area (Å²) in [4.78, 5) is 14.4. The van der Waals surface area contributed by atoms with Crippen molar-refractivity contribution in [3.05, 3.63) is 48.6 Å². The van der Waals surface area contributed by atoms with Crippen LogP contribution in [0.2, 0.25) is 0 Å². The SMILES string of the molecule is C=CCNC1(C(=O)OC)CCN(Cc2ccccc2)C1. The molecule has 0 aliphatic carbocycles. The highest BCUT2D eigenvalue weighted by molar-refractivity contribution is 5.81. The quantitative estimate of drug-likeness (QED) is 0.632. The lowest BCUT2D eigenvalue weighted by molar-refractivity contribution is -0.148. The van der Waals surface area contributed by atoms with Crippen LogP contribution in [0.3, 0.4) is 0 Å². The number of nitrogens with one attached hydrogen (secondary N) is 1. The van der Waals surface area contributed by atoms with Gasteiger partial charge < -0.3 is 4.74 Å². The van der Waals surface area contributed by atoms with Crippen LogP contribution in [-0.4, -0.2) is 43.2 Å². The standard InChI is InChI=1S/C16H22N2O2/c1-3-10-17-16(15(19)20-2)9-11-18(13-16)12-14-7-5-4-6-8-14/h3-8,17H,1,9-13H2,2H3. The van der Waals surface area contributed by atoms with Gasteiger partial charge in [0.2, 0.25) is 0 Å². The maximum Gasteiger partial charge on any atom is 0.327 e. The van der Waals surface area contributed by atoms with Crippen molar-refractivity contribution in [1.29, 1.82) is 0 Å². The Morgan fingerprint density at radius 1 is 1.50 bits per heavy atom. The number of esters is 1. The summed E-state index contributed by atoms with van der Waals surface area (Å²) in [7, 11) is 1.44. The van der Waals surface area contributed by atoms with Gasteiger partial charge in [-0.15, -0.1) is 6.58 Å². The van der Waals surface area contributed by atoms with E-state index in [0.717, 1.165) is 19.5 Å². The molecule has 4 nitrogen and oxygen atoms in total. The van der Waals surface area contributed by atoms with Gasteiger partial charge in [0, 0.05) is 26.2 Å². The number of rotatable bonds is 6. The van der Waals surface area contributed by atoms with E-state index in [0.29, 0.717) is 13.1 Å². The molecule has 108 valence electrons. The Morgan fingerprint density at radius 3 is 2.90 bits per heavy atom. The van der Waals surface area contributed by atoms with Gasteiger partial charge in [0.05, 0.1) is 7.11 Å². The first kappa shape index (κ1) is 14.8. The number of benzene rings is 1. The van der Waals surface area contributed by atoms with Crippen molar-refractivity contribution in [2.75, 3.05) is 26.7 Å². The first-order chi connectivity index (χ1) is 9.70. The fourth-order valence-electron chi connectivity index (χ4n) is 2.71. The summed E-state index contributed by atoms with van der Waals surface area (Å²) in [6.45, 7) is 6.71. The van der Waals surface area contributed by atoms with Crippen LogP contribution in [-0.2, 0) is 16.1 Å². The van der Waals surface area contributed by atoms with Crippen molar-refractivity contribution < 1.29 is 9.53 Å². The van der Waals surface area contributed by atoms with Gasteiger partial charge in [-0.05, 0) is 12.0 Å². The van der Waals surface area contributed by atoms with Crippen LogP contribution in [0.4, 0.5) is 0 Å². The number of likely N-dealkylation sites (tertiary alicyclic amines) is 1. The largest absolute Gasteiger partial charge is 0.468 e. The summed E-state index contributed by atoms with van der Waals surface area (Å²) < 4.78 is 4.97. The minimum absolute atomic E-state index is 0.185.